The molecule has 0 aliphatic heterocycles. The van der Waals surface area contributed by atoms with Crippen LogP contribution < -0.4 is 11.1 Å². The van der Waals surface area contributed by atoms with E-state index in [1.165, 1.54) is 5.56 Å². The number of benzene rings is 1. The van der Waals surface area contributed by atoms with Crippen LogP contribution in [0.15, 0.2) is 34.6 Å². The molecule has 0 saturated heterocycles. The van der Waals surface area contributed by atoms with Gasteiger partial charge in [-0.2, -0.15) is 0 Å². The monoisotopic (exact) mass is 302 g/mol. The summed E-state index contributed by atoms with van der Waals surface area (Å²) in [4.78, 5) is 8.81. The smallest absolute Gasteiger partial charge is 0.193 e. The Morgan fingerprint density at radius 3 is 2.90 bits per heavy atom. The fourth-order valence-electron chi connectivity index (χ4n) is 1.91. The van der Waals surface area contributed by atoms with Crippen molar-refractivity contribution >= 4 is 23.0 Å². The van der Waals surface area contributed by atoms with Gasteiger partial charge in [-0.15, -0.1) is 11.3 Å². The Hall–Kier alpha value is -1.88. The van der Waals surface area contributed by atoms with Gasteiger partial charge in [-0.25, -0.2) is 9.98 Å². The Morgan fingerprint density at radius 1 is 1.43 bits per heavy atom. The summed E-state index contributed by atoms with van der Waals surface area (Å²) in [5, 5.41) is 6.30. The number of nitrogens with two attached hydrogens (primary N) is 1. The largest absolute Gasteiger partial charge is 0.370 e. The van der Waals surface area contributed by atoms with Gasteiger partial charge in [0.05, 0.1) is 17.2 Å². The van der Waals surface area contributed by atoms with E-state index >= 15 is 0 Å². The van der Waals surface area contributed by atoms with Crippen LogP contribution in [0.25, 0.3) is 0 Å². The summed E-state index contributed by atoms with van der Waals surface area (Å²) in [5.41, 5.74) is 9.15. The summed E-state index contributed by atoms with van der Waals surface area (Å²) in [5.74, 6) is 0.911. The fourth-order valence-corrected chi connectivity index (χ4v) is 2.65. The number of nitrogens with zero attached hydrogens (tertiary/aromatic N) is 2. The first-order valence-corrected chi connectivity index (χ1v) is 8.06. The zero-order valence-electron chi connectivity index (χ0n) is 12.8. The first-order valence-electron chi connectivity index (χ1n) is 7.18. The highest BCUT2D eigenvalue weighted by molar-refractivity contribution is 7.09. The SMILES string of the molecule is CCc1nc(CN=C(N)Nc2cccc(C(C)C)c2)cs1. The number of aliphatic imine (C=N–C) groups is 1. The Kier molecular flexibility index (Phi) is 5.33. The summed E-state index contributed by atoms with van der Waals surface area (Å²) in [6, 6.07) is 8.24. The van der Waals surface area contributed by atoms with Gasteiger partial charge in [-0.05, 0) is 30.0 Å². The van der Waals surface area contributed by atoms with Gasteiger partial charge in [0.25, 0.3) is 0 Å². The Labute approximate surface area is 130 Å². The van der Waals surface area contributed by atoms with Gasteiger partial charge in [-0.3, -0.25) is 0 Å². The molecule has 1 aromatic carbocycles. The molecule has 0 bridgehead atoms. The summed E-state index contributed by atoms with van der Waals surface area (Å²) in [6.07, 6.45) is 0.962. The molecule has 5 heteroatoms. The lowest BCUT2D eigenvalue weighted by Gasteiger charge is -2.09. The van der Waals surface area contributed by atoms with Gasteiger partial charge in [0.1, 0.15) is 0 Å². The second-order valence-electron chi connectivity index (χ2n) is 5.19. The van der Waals surface area contributed by atoms with Crippen LogP contribution in [-0.4, -0.2) is 10.9 Å². The van der Waals surface area contributed by atoms with Crippen LogP contribution in [0.1, 0.15) is 43.0 Å². The Bertz CT molecular complexity index is 616. The summed E-state index contributed by atoms with van der Waals surface area (Å²) < 4.78 is 0. The maximum atomic E-state index is 5.93. The van der Waals surface area contributed by atoms with Crippen LogP contribution in [0.3, 0.4) is 0 Å². The number of nitrogens with one attached hydrogen (secondary N) is 1. The van der Waals surface area contributed by atoms with Gasteiger partial charge >= 0.3 is 0 Å². The van der Waals surface area contributed by atoms with Crippen molar-refractivity contribution in [2.75, 3.05) is 5.32 Å². The zero-order chi connectivity index (χ0) is 15.2. The quantitative estimate of drug-likeness (QED) is 0.653. The van der Waals surface area contributed by atoms with Crippen molar-refractivity contribution in [3.05, 3.63) is 45.9 Å². The third-order valence-electron chi connectivity index (χ3n) is 3.14. The lowest BCUT2D eigenvalue weighted by molar-refractivity contribution is 0.867. The average molecular weight is 302 g/mol. The predicted molar refractivity (Wildman–Crippen MR) is 91.0 cm³/mol. The summed E-state index contributed by atoms with van der Waals surface area (Å²) in [6.45, 7) is 6.96. The lowest BCUT2D eigenvalue weighted by atomic mass is 10.0. The molecule has 0 radical (unpaired) electrons. The van der Waals surface area contributed by atoms with E-state index in [-0.39, 0.29) is 0 Å². The minimum Gasteiger partial charge on any atom is -0.370 e. The van der Waals surface area contributed by atoms with E-state index in [0.717, 1.165) is 22.8 Å². The Balaban J connectivity index is 1.98. The number of aryl methyl sites for hydroxylation is 1. The van der Waals surface area contributed by atoms with Crippen molar-refractivity contribution in [3.8, 4) is 0 Å². The highest BCUT2D eigenvalue weighted by atomic mass is 32.1. The second kappa shape index (κ2) is 7.22. The molecule has 0 amide bonds. The van der Waals surface area contributed by atoms with Crippen molar-refractivity contribution in [2.24, 2.45) is 10.7 Å². The molecule has 0 fully saturated rings. The standard InChI is InChI=1S/C16H22N4S/c1-4-15-19-14(10-21-15)9-18-16(17)20-13-7-5-6-12(8-13)11(2)3/h5-8,10-11H,4,9H2,1-3H3,(H3,17,18,20). The molecule has 0 atom stereocenters. The minimum absolute atomic E-state index is 0.418. The predicted octanol–water partition coefficient (Wildman–Crippen LogP) is 3.76. The molecule has 0 aliphatic carbocycles. The zero-order valence-corrected chi connectivity index (χ0v) is 13.6. The van der Waals surface area contributed by atoms with Crippen LogP contribution in [0, 0.1) is 0 Å². The number of hydrogen-bond donors (Lipinski definition) is 2. The molecule has 0 unspecified atom stereocenters. The van der Waals surface area contributed by atoms with Gasteiger partial charge in [0, 0.05) is 11.1 Å². The number of thiazole rings is 1. The van der Waals surface area contributed by atoms with Crippen LogP contribution in [-0.2, 0) is 13.0 Å². The van der Waals surface area contributed by atoms with Crippen molar-refractivity contribution < 1.29 is 0 Å². The van der Waals surface area contributed by atoms with E-state index in [0.29, 0.717) is 18.4 Å². The van der Waals surface area contributed by atoms with E-state index in [9.17, 15) is 0 Å². The van der Waals surface area contributed by atoms with Gasteiger partial charge in [0.2, 0.25) is 0 Å². The third-order valence-corrected chi connectivity index (χ3v) is 4.18. The molecule has 21 heavy (non-hydrogen) atoms. The number of anilines is 1. The van der Waals surface area contributed by atoms with Crippen LogP contribution in [0.4, 0.5) is 5.69 Å². The van der Waals surface area contributed by atoms with Crippen LogP contribution >= 0.6 is 11.3 Å². The topological polar surface area (TPSA) is 63.3 Å². The molecular formula is C16H22N4S. The molecule has 112 valence electrons. The highest BCUT2D eigenvalue weighted by Crippen LogP contribution is 2.18. The summed E-state index contributed by atoms with van der Waals surface area (Å²) >= 11 is 1.67. The third kappa shape index (κ3) is 4.56. The maximum Gasteiger partial charge on any atom is 0.193 e. The molecule has 0 spiro atoms. The fraction of sp³-hybridized carbons (Fsp3) is 0.375. The minimum atomic E-state index is 0.418. The van der Waals surface area contributed by atoms with E-state index < -0.39 is 0 Å². The highest BCUT2D eigenvalue weighted by Gasteiger charge is 2.02. The van der Waals surface area contributed by atoms with Crippen molar-refractivity contribution in [3.63, 3.8) is 0 Å². The maximum absolute atomic E-state index is 5.93. The van der Waals surface area contributed by atoms with Gasteiger partial charge in [-0.1, -0.05) is 32.9 Å². The molecule has 1 heterocycles. The number of guanidine groups is 1. The lowest BCUT2D eigenvalue weighted by Crippen LogP contribution is -2.22. The first-order chi connectivity index (χ1) is 10.1. The van der Waals surface area contributed by atoms with E-state index in [1.807, 2.05) is 17.5 Å². The van der Waals surface area contributed by atoms with E-state index in [4.69, 9.17) is 5.73 Å². The molecule has 1 aromatic heterocycles. The van der Waals surface area contributed by atoms with Crippen molar-refractivity contribution in [2.45, 2.75) is 39.7 Å². The molecule has 2 rings (SSSR count). The number of aromatic nitrogens is 1. The molecule has 3 N–H and O–H groups in total. The van der Waals surface area contributed by atoms with Crippen LogP contribution in [0.5, 0.6) is 0 Å². The number of hydrogen-bond acceptors (Lipinski definition) is 3. The van der Waals surface area contributed by atoms with Crippen molar-refractivity contribution in [1.82, 2.24) is 4.98 Å². The normalized spacial score (nSPS) is 11.9. The average Bonchev–Trinajstić information content (AvgIpc) is 2.93. The molecule has 2 aromatic rings. The first kappa shape index (κ1) is 15.5. The van der Waals surface area contributed by atoms with Gasteiger partial charge in [0.15, 0.2) is 5.96 Å². The summed E-state index contributed by atoms with van der Waals surface area (Å²) in [7, 11) is 0. The number of rotatable bonds is 5. The van der Waals surface area contributed by atoms with Crippen molar-refractivity contribution in [1.29, 1.82) is 0 Å². The Morgan fingerprint density at radius 2 is 2.24 bits per heavy atom. The molecule has 0 saturated carbocycles. The van der Waals surface area contributed by atoms with E-state index in [2.05, 4.69) is 48.2 Å². The van der Waals surface area contributed by atoms with E-state index in [1.54, 1.807) is 11.3 Å². The van der Waals surface area contributed by atoms with Gasteiger partial charge < -0.3 is 11.1 Å². The second-order valence-corrected chi connectivity index (χ2v) is 6.14. The molecule has 4 nitrogen and oxygen atoms in total. The molecule has 0 aliphatic rings. The molecular weight excluding hydrogens is 280 g/mol. The van der Waals surface area contributed by atoms with Crippen LogP contribution in [0.2, 0.25) is 0 Å².